The summed E-state index contributed by atoms with van der Waals surface area (Å²) in [5.74, 6) is 6.42. The SMILES string of the molecule is CC.CC.CC.CC.CC.CC.CC(C)N1CC2CC(C2)C1.CC(C)N1CC2CC(C2)C1.CC(C)N1CC2CC(C2)C1. The Balaban J connectivity index is -0.000000461. The highest BCUT2D eigenvalue weighted by atomic mass is 15.2. The Hall–Kier alpha value is -0.120. The van der Waals surface area contributed by atoms with E-state index in [1.165, 1.54) is 77.8 Å². The molecule has 42 heavy (non-hydrogen) atoms. The minimum absolute atomic E-state index is 0.783. The van der Waals surface area contributed by atoms with Gasteiger partial charge in [-0.05, 0) is 116 Å². The van der Waals surface area contributed by atoms with E-state index < -0.39 is 0 Å². The lowest BCUT2D eigenvalue weighted by atomic mass is 9.71. The molecule has 0 amide bonds. The molecular formula is C39H87N3. The molecule has 0 unspecified atom stereocenters. The molecule has 3 heteroatoms. The second kappa shape index (κ2) is 28.4. The zero-order valence-corrected chi connectivity index (χ0v) is 33.0. The van der Waals surface area contributed by atoms with Gasteiger partial charge in [-0.25, -0.2) is 0 Å². The van der Waals surface area contributed by atoms with Crippen LogP contribution in [0, 0.1) is 35.5 Å². The average Bonchev–Trinajstić information content (AvgIpc) is 3.03. The van der Waals surface area contributed by atoms with Crippen LogP contribution in [-0.4, -0.2) is 72.1 Å². The monoisotopic (exact) mass is 598 g/mol. The molecule has 6 heterocycles. The van der Waals surface area contributed by atoms with Crippen molar-refractivity contribution in [3.8, 4) is 0 Å². The van der Waals surface area contributed by atoms with Gasteiger partial charge < -0.3 is 14.7 Å². The first-order valence-electron chi connectivity index (χ1n) is 19.5. The summed E-state index contributed by atoms with van der Waals surface area (Å²) in [6, 6.07) is 2.35. The van der Waals surface area contributed by atoms with Crippen LogP contribution in [0.2, 0.25) is 0 Å². The first-order chi connectivity index (χ1) is 20.3. The van der Waals surface area contributed by atoms with Gasteiger partial charge in [0.2, 0.25) is 0 Å². The van der Waals surface area contributed by atoms with Crippen LogP contribution in [0.5, 0.6) is 0 Å². The molecule has 9 aliphatic rings. The van der Waals surface area contributed by atoms with E-state index in [1.54, 1.807) is 0 Å². The molecule has 3 aliphatic carbocycles. The van der Waals surface area contributed by atoms with Crippen LogP contribution in [0.15, 0.2) is 0 Å². The van der Waals surface area contributed by atoms with Crippen molar-refractivity contribution in [1.82, 2.24) is 14.7 Å². The van der Waals surface area contributed by atoms with Crippen LogP contribution in [0.4, 0.5) is 0 Å². The Bertz CT molecular complexity index is 422. The number of piperidine rings is 6. The van der Waals surface area contributed by atoms with Crippen molar-refractivity contribution in [2.24, 2.45) is 35.5 Å². The van der Waals surface area contributed by atoms with Crippen LogP contribution in [-0.2, 0) is 0 Å². The summed E-state index contributed by atoms with van der Waals surface area (Å²) in [7, 11) is 0. The van der Waals surface area contributed by atoms with Crippen molar-refractivity contribution < 1.29 is 0 Å². The van der Waals surface area contributed by atoms with Gasteiger partial charge in [0.15, 0.2) is 0 Å². The van der Waals surface area contributed by atoms with Crippen molar-refractivity contribution in [3.63, 3.8) is 0 Å². The molecular weight excluding hydrogens is 510 g/mol. The van der Waals surface area contributed by atoms with Crippen molar-refractivity contribution in [1.29, 1.82) is 0 Å². The van der Waals surface area contributed by atoms with Gasteiger partial charge in [0, 0.05) is 57.4 Å². The van der Waals surface area contributed by atoms with Crippen LogP contribution >= 0.6 is 0 Å². The lowest BCUT2D eigenvalue weighted by Crippen LogP contribution is -2.50. The van der Waals surface area contributed by atoms with E-state index in [1.807, 2.05) is 83.1 Å². The van der Waals surface area contributed by atoms with Gasteiger partial charge in [0.25, 0.3) is 0 Å². The quantitative estimate of drug-likeness (QED) is 0.320. The fraction of sp³-hybridized carbons (Fsp3) is 1.00. The lowest BCUT2D eigenvalue weighted by molar-refractivity contribution is 0.00980. The van der Waals surface area contributed by atoms with Crippen LogP contribution in [0.1, 0.15) is 163 Å². The zero-order chi connectivity index (χ0) is 33.4. The summed E-state index contributed by atoms with van der Waals surface area (Å²) in [5, 5.41) is 0. The van der Waals surface area contributed by atoms with Crippen molar-refractivity contribution >= 4 is 0 Å². The van der Waals surface area contributed by atoms with Gasteiger partial charge in [-0.3, -0.25) is 0 Å². The maximum atomic E-state index is 2.63. The second-order valence-corrected chi connectivity index (χ2v) is 12.8. The molecule has 3 saturated carbocycles. The summed E-state index contributed by atoms with van der Waals surface area (Å²) in [5.41, 5.74) is 0. The molecule has 9 fully saturated rings. The largest absolute Gasteiger partial charge is 0.300 e. The minimum Gasteiger partial charge on any atom is -0.300 e. The number of nitrogens with zero attached hydrogens (tertiary/aromatic N) is 3. The van der Waals surface area contributed by atoms with Gasteiger partial charge in [-0.1, -0.05) is 83.1 Å². The van der Waals surface area contributed by atoms with Crippen molar-refractivity contribution in [3.05, 3.63) is 0 Å². The standard InChI is InChI=1S/3C9H17N.6C2H6/c3*1-7(2)10-5-8-3-9(4-8)6-10;6*1-2/h3*7-9H,3-6H2,1-2H3;6*1-2H3. The molecule has 6 bridgehead atoms. The molecule has 3 nitrogen and oxygen atoms in total. The van der Waals surface area contributed by atoms with Crippen LogP contribution in [0.25, 0.3) is 0 Å². The maximum Gasteiger partial charge on any atom is 0.00388 e. The number of hydrogen-bond acceptors (Lipinski definition) is 3. The van der Waals surface area contributed by atoms with Gasteiger partial charge >= 0.3 is 0 Å². The van der Waals surface area contributed by atoms with Crippen LogP contribution < -0.4 is 0 Å². The summed E-state index contributed by atoms with van der Waals surface area (Å²) in [6.07, 6.45) is 9.19. The zero-order valence-electron chi connectivity index (χ0n) is 33.0. The van der Waals surface area contributed by atoms with E-state index in [4.69, 9.17) is 0 Å². The molecule has 9 rings (SSSR count). The van der Waals surface area contributed by atoms with E-state index in [2.05, 4.69) is 56.2 Å². The van der Waals surface area contributed by atoms with E-state index >= 15 is 0 Å². The van der Waals surface area contributed by atoms with Gasteiger partial charge in [0.1, 0.15) is 0 Å². The van der Waals surface area contributed by atoms with Crippen LogP contribution in [0.3, 0.4) is 0 Å². The second-order valence-electron chi connectivity index (χ2n) is 12.8. The minimum atomic E-state index is 0.783. The summed E-state index contributed by atoms with van der Waals surface area (Å²) in [4.78, 5) is 7.88. The predicted octanol–water partition coefficient (Wildman–Crippen LogP) is 11.4. The molecule has 0 N–H and O–H groups in total. The fourth-order valence-corrected chi connectivity index (χ4v) is 6.99. The molecule has 0 aromatic rings. The van der Waals surface area contributed by atoms with Gasteiger partial charge in [-0.15, -0.1) is 0 Å². The first-order valence-corrected chi connectivity index (χ1v) is 19.5. The molecule has 0 aromatic heterocycles. The third-order valence-corrected chi connectivity index (χ3v) is 9.15. The first kappa shape index (κ1) is 46.3. The van der Waals surface area contributed by atoms with E-state index in [0.29, 0.717) is 0 Å². The highest BCUT2D eigenvalue weighted by Crippen LogP contribution is 2.41. The van der Waals surface area contributed by atoms with Crippen molar-refractivity contribution in [2.45, 2.75) is 181 Å². The predicted molar refractivity (Wildman–Crippen MR) is 197 cm³/mol. The average molecular weight is 598 g/mol. The van der Waals surface area contributed by atoms with E-state index in [0.717, 1.165) is 53.6 Å². The summed E-state index contributed by atoms with van der Waals surface area (Å²) in [6.45, 7) is 46.2. The van der Waals surface area contributed by atoms with Crippen molar-refractivity contribution in [2.75, 3.05) is 39.3 Å². The van der Waals surface area contributed by atoms with Gasteiger partial charge in [-0.2, -0.15) is 0 Å². The Labute approximate surface area is 270 Å². The molecule has 0 atom stereocenters. The highest BCUT2D eigenvalue weighted by Gasteiger charge is 2.39. The highest BCUT2D eigenvalue weighted by molar-refractivity contribution is 4.92. The third kappa shape index (κ3) is 16.8. The summed E-state index contributed by atoms with van der Waals surface area (Å²) >= 11 is 0. The summed E-state index contributed by atoms with van der Waals surface area (Å²) < 4.78 is 0. The Morgan fingerprint density at radius 1 is 0.286 bits per heavy atom. The number of hydrogen-bond donors (Lipinski definition) is 0. The smallest absolute Gasteiger partial charge is 0.00388 e. The number of fused-ring (bicyclic) bond motifs is 6. The Kier molecular flexibility index (Phi) is 31.3. The topological polar surface area (TPSA) is 9.72 Å². The normalized spacial score (nSPS) is 29.4. The fourth-order valence-electron chi connectivity index (χ4n) is 6.99. The maximum absolute atomic E-state index is 2.63. The van der Waals surface area contributed by atoms with Gasteiger partial charge in [0.05, 0.1) is 0 Å². The Morgan fingerprint density at radius 3 is 0.476 bits per heavy atom. The molecule has 6 aliphatic heterocycles. The molecule has 0 spiro atoms. The van der Waals surface area contributed by atoms with E-state index in [9.17, 15) is 0 Å². The molecule has 6 saturated heterocycles. The van der Waals surface area contributed by atoms with E-state index in [-0.39, 0.29) is 0 Å². The molecule has 258 valence electrons. The lowest BCUT2D eigenvalue weighted by Gasteiger charge is -2.48. The third-order valence-electron chi connectivity index (χ3n) is 9.15. The molecule has 0 aromatic carbocycles. The Morgan fingerprint density at radius 2 is 0.405 bits per heavy atom. The number of rotatable bonds is 3. The molecule has 0 radical (unpaired) electrons.